The number of aliphatic hydroxyl groups excluding tert-OH is 2. The van der Waals surface area contributed by atoms with Gasteiger partial charge in [0.25, 0.3) is 0 Å². The molecule has 1 aliphatic rings. The summed E-state index contributed by atoms with van der Waals surface area (Å²) < 4.78 is 19.8. The van der Waals surface area contributed by atoms with Gasteiger partial charge in [0.15, 0.2) is 11.8 Å². The first-order valence-corrected chi connectivity index (χ1v) is 6.85. The van der Waals surface area contributed by atoms with Gasteiger partial charge in [-0.15, -0.1) is 0 Å². The fourth-order valence-electron chi connectivity index (χ4n) is 2.82. The van der Waals surface area contributed by atoms with Gasteiger partial charge in [0.1, 0.15) is 5.52 Å². The van der Waals surface area contributed by atoms with Gasteiger partial charge >= 0.3 is 0 Å². The lowest BCUT2D eigenvalue weighted by molar-refractivity contribution is 0.0426. The predicted octanol–water partition coefficient (Wildman–Crippen LogP) is 1.81. The highest BCUT2D eigenvalue weighted by Crippen LogP contribution is 2.42. The molecular weight excluding hydrogens is 294 g/mol. The summed E-state index contributed by atoms with van der Waals surface area (Å²) in [5.74, 6) is -0.689. The number of hydrogen-bond acceptors (Lipinski definition) is 5. The number of alkyl halides is 1. The van der Waals surface area contributed by atoms with Crippen LogP contribution in [0.1, 0.15) is 6.04 Å². The van der Waals surface area contributed by atoms with Crippen LogP contribution in [-0.4, -0.2) is 43.6 Å². The quantitative estimate of drug-likeness (QED) is 0.669. The van der Waals surface area contributed by atoms with Crippen LogP contribution in [0, 0.1) is 5.92 Å². The van der Waals surface area contributed by atoms with Crippen LogP contribution in [0.5, 0.6) is 0 Å². The topological polar surface area (TPSA) is 83.5 Å². The number of fused-ring (bicyclic) bond motifs is 1. The van der Waals surface area contributed by atoms with E-state index in [1.165, 1.54) is 10.9 Å². The first-order valence-electron chi connectivity index (χ1n) is 6.40. The molecule has 110 valence electrons. The number of halogens is 1. The Bertz CT molecular complexity index is 719. The number of nitrogens with zero attached hydrogens (tertiary/aromatic N) is 4. The molecule has 6 nitrogen and oxygen atoms in total. The van der Waals surface area contributed by atoms with E-state index in [1.54, 1.807) is 12.3 Å². The van der Waals surface area contributed by atoms with Crippen LogP contribution in [0.4, 0.5) is 10.1 Å². The first-order chi connectivity index (χ1) is 10.1. The zero-order valence-corrected chi connectivity index (χ0v) is 12.0. The van der Waals surface area contributed by atoms with Crippen LogP contribution >= 0.6 is 9.03 Å². The second kappa shape index (κ2) is 5.26. The molecule has 0 unspecified atom stereocenters. The third-order valence-corrected chi connectivity index (χ3v) is 4.19. The molecule has 8 heteroatoms. The van der Waals surface area contributed by atoms with Crippen molar-refractivity contribution in [2.45, 2.75) is 18.3 Å². The van der Waals surface area contributed by atoms with Crippen LogP contribution in [0.2, 0.25) is 0 Å². The van der Waals surface area contributed by atoms with Crippen LogP contribution in [-0.2, 0) is 0 Å². The Morgan fingerprint density at radius 2 is 2.24 bits per heavy atom. The summed E-state index contributed by atoms with van der Waals surface area (Å²) in [4.78, 5) is 8.41. The summed E-state index contributed by atoms with van der Waals surface area (Å²) in [5.41, 5.74) is 1.98. The molecule has 0 saturated heterocycles. The van der Waals surface area contributed by atoms with Crippen molar-refractivity contribution in [2.75, 3.05) is 6.61 Å². The largest absolute Gasteiger partial charge is 0.396 e. The van der Waals surface area contributed by atoms with Gasteiger partial charge in [-0.25, -0.2) is 19.1 Å². The molecule has 2 heterocycles. The molecule has 0 amide bonds. The molecule has 0 spiro atoms. The minimum Gasteiger partial charge on any atom is -0.396 e. The van der Waals surface area contributed by atoms with Crippen molar-refractivity contribution >= 4 is 25.9 Å². The molecule has 0 radical (unpaired) electrons. The monoisotopic (exact) mass is 308 g/mol. The van der Waals surface area contributed by atoms with Gasteiger partial charge in [-0.05, 0) is 20.7 Å². The van der Waals surface area contributed by atoms with Gasteiger partial charge in [0.2, 0.25) is 0 Å². The van der Waals surface area contributed by atoms with E-state index >= 15 is 0 Å². The molecule has 21 heavy (non-hydrogen) atoms. The third kappa shape index (κ3) is 2.00. The zero-order chi connectivity index (χ0) is 15.1. The third-order valence-electron chi connectivity index (χ3n) is 3.95. The molecule has 2 aromatic heterocycles. The number of rotatable bonds is 3. The SMILES string of the molecule is C=C1[C@@H](n2cnc3c(N=P)ccnc32)[C@@H](F)[C@H](O)[C@H]1CO. The smallest absolute Gasteiger partial charge is 0.162 e. The van der Waals surface area contributed by atoms with Crippen LogP contribution < -0.4 is 0 Å². The molecule has 2 N–H and O–H groups in total. The van der Waals surface area contributed by atoms with E-state index in [1.807, 2.05) is 0 Å². The predicted molar refractivity (Wildman–Crippen MR) is 77.6 cm³/mol. The van der Waals surface area contributed by atoms with E-state index in [0.29, 0.717) is 22.4 Å². The second-order valence-electron chi connectivity index (χ2n) is 5.01. The Labute approximate surface area is 122 Å². The average Bonchev–Trinajstić information content (AvgIpc) is 2.99. The van der Waals surface area contributed by atoms with E-state index in [2.05, 4.69) is 30.3 Å². The van der Waals surface area contributed by atoms with Crippen molar-refractivity contribution in [2.24, 2.45) is 10.7 Å². The molecule has 2 aromatic rings. The van der Waals surface area contributed by atoms with Crippen LogP contribution in [0.25, 0.3) is 11.2 Å². The van der Waals surface area contributed by atoms with Crippen molar-refractivity contribution in [1.82, 2.24) is 14.5 Å². The first kappa shape index (κ1) is 14.3. The standard InChI is InChI=1S/C13H14FN4O2P/c1-6-7(4-19)12(20)9(14)11(6)18-5-16-10-8(17-21)2-3-15-13(10)18/h2-3,5,7,9,11-12,19-21H,1,4H2/t7-,9+,11+,12+/m0/s1. The van der Waals surface area contributed by atoms with Gasteiger partial charge in [0, 0.05) is 12.1 Å². The number of aromatic nitrogens is 3. The van der Waals surface area contributed by atoms with E-state index in [4.69, 9.17) is 0 Å². The molecule has 1 aliphatic carbocycles. The lowest BCUT2D eigenvalue weighted by Gasteiger charge is -2.17. The lowest BCUT2D eigenvalue weighted by Crippen LogP contribution is -2.26. The summed E-state index contributed by atoms with van der Waals surface area (Å²) >= 11 is 0. The van der Waals surface area contributed by atoms with Gasteiger partial charge in [-0.2, -0.15) is 0 Å². The van der Waals surface area contributed by atoms with E-state index < -0.39 is 24.2 Å². The fourth-order valence-corrected chi connectivity index (χ4v) is 3.00. The number of aliphatic hydroxyl groups is 2. The molecule has 4 atom stereocenters. The minimum atomic E-state index is -1.57. The molecule has 1 fully saturated rings. The Balaban J connectivity index is 2.13. The molecule has 1 saturated carbocycles. The minimum absolute atomic E-state index is 0.349. The Hall–Kier alpha value is -1.69. The summed E-state index contributed by atoms with van der Waals surface area (Å²) in [6.45, 7) is 3.48. The summed E-state index contributed by atoms with van der Waals surface area (Å²) in [5, 5.41) is 19.2. The summed E-state index contributed by atoms with van der Waals surface area (Å²) in [7, 11) is 3.06. The molecule has 0 bridgehead atoms. The molecular formula is C13H14FN4O2P. The second-order valence-corrected chi connectivity index (χ2v) is 5.23. The van der Waals surface area contributed by atoms with Crippen LogP contribution in [0.15, 0.2) is 35.5 Å². The summed E-state index contributed by atoms with van der Waals surface area (Å²) in [6, 6.07) is 0.869. The Kier molecular flexibility index (Phi) is 3.57. The molecule has 0 aliphatic heterocycles. The highest BCUT2D eigenvalue weighted by molar-refractivity contribution is 7.04. The fraction of sp³-hybridized carbons (Fsp3) is 0.385. The van der Waals surface area contributed by atoms with Crippen molar-refractivity contribution in [3.05, 3.63) is 30.7 Å². The number of hydrogen-bond donors (Lipinski definition) is 2. The zero-order valence-electron chi connectivity index (χ0n) is 11.0. The summed E-state index contributed by atoms with van der Waals surface area (Å²) in [6.07, 6.45) is 0.143. The number of pyridine rings is 1. The van der Waals surface area contributed by atoms with Crippen molar-refractivity contribution in [1.29, 1.82) is 0 Å². The van der Waals surface area contributed by atoms with Gasteiger partial charge in [-0.3, -0.25) is 0 Å². The van der Waals surface area contributed by atoms with Gasteiger partial charge in [-0.1, -0.05) is 6.58 Å². The highest BCUT2D eigenvalue weighted by atomic mass is 31.0. The van der Waals surface area contributed by atoms with Gasteiger partial charge in [0.05, 0.1) is 30.8 Å². The lowest BCUT2D eigenvalue weighted by atomic mass is 10.0. The van der Waals surface area contributed by atoms with Crippen molar-refractivity contribution < 1.29 is 14.6 Å². The van der Waals surface area contributed by atoms with Crippen molar-refractivity contribution in [3.8, 4) is 0 Å². The van der Waals surface area contributed by atoms with E-state index in [0.717, 1.165) is 0 Å². The van der Waals surface area contributed by atoms with E-state index in [9.17, 15) is 14.6 Å². The van der Waals surface area contributed by atoms with Crippen molar-refractivity contribution in [3.63, 3.8) is 0 Å². The van der Waals surface area contributed by atoms with Crippen LogP contribution in [0.3, 0.4) is 0 Å². The Morgan fingerprint density at radius 3 is 2.86 bits per heavy atom. The molecule has 3 rings (SSSR count). The average molecular weight is 308 g/mol. The Morgan fingerprint density at radius 1 is 1.48 bits per heavy atom. The maximum absolute atomic E-state index is 14.4. The number of imidazole rings is 1. The maximum Gasteiger partial charge on any atom is 0.162 e. The highest BCUT2D eigenvalue weighted by Gasteiger charge is 2.47. The van der Waals surface area contributed by atoms with Gasteiger partial charge < -0.3 is 14.8 Å². The molecule has 0 aromatic carbocycles. The normalized spacial score (nSPS) is 29.2. The maximum atomic E-state index is 14.4. The van der Waals surface area contributed by atoms with E-state index in [-0.39, 0.29) is 6.61 Å².